The van der Waals surface area contributed by atoms with Crippen LogP contribution in [0.3, 0.4) is 0 Å². The zero-order valence-electron chi connectivity index (χ0n) is 12.8. The largest absolute Gasteiger partial charge is 0.373 e. The molecule has 5 nitrogen and oxygen atoms in total. The first-order valence-corrected chi connectivity index (χ1v) is 8.75. The predicted octanol–water partition coefficient (Wildman–Crippen LogP) is 1.93. The van der Waals surface area contributed by atoms with E-state index in [2.05, 4.69) is 10.2 Å². The SMILES string of the molecule is CC(=O)c1csc(C(=O)NC[C@H]2CN3CCCC[C@H]3CO2)c1. The zero-order chi connectivity index (χ0) is 15.5. The zero-order valence-corrected chi connectivity index (χ0v) is 13.7. The topological polar surface area (TPSA) is 58.6 Å². The normalized spacial score (nSPS) is 25.5. The summed E-state index contributed by atoms with van der Waals surface area (Å²) < 4.78 is 5.87. The van der Waals surface area contributed by atoms with E-state index in [4.69, 9.17) is 4.74 Å². The highest BCUT2D eigenvalue weighted by atomic mass is 32.1. The van der Waals surface area contributed by atoms with Gasteiger partial charge in [0.15, 0.2) is 5.78 Å². The molecule has 120 valence electrons. The number of nitrogens with one attached hydrogen (secondary N) is 1. The Morgan fingerprint density at radius 3 is 3.09 bits per heavy atom. The van der Waals surface area contributed by atoms with Gasteiger partial charge in [-0.05, 0) is 32.4 Å². The van der Waals surface area contributed by atoms with E-state index in [9.17, 15) is 9.59 Å². The van der Waals surface area contributed by atoms with Crippen molar-refractivity contribution in [3.63, 3.8) is 0 Å². The first-order chi connectivity index (χ1) is 10.6. The molecule has 0 saturated carbocycles. The molecule has 1 aromatic rings. The highest BCUT2D eigenvalue weighted by Crippen LogP contribution is 2.22. The Balaban J connectivity index is 1.49. The number of hydrogen-bond acceptors (Lipinski definition) is 5. The van der Waals surface area contributed by atoms with Crippen molar-refractivity contribution in [2.45, 2.75) is 38.3 Å². The van der Waals surface area contributed by atoms with Crippen LogP contribution in [-0.4, -0.2) is 55.0 Å². The standard InChI is InChI=1S/C16H22N2O3S/c1-11(19)12-6-15(22-10-12)16(20)17-7-14-8-18-5-3-2-4-13(18)9-21-14/h6,10,13-14H,2-5,7-9H2,1H3,(H,17,20)/t13-,14-/m0/s1. The predicted molar refractivity (Wildman–Crippen MR) is 85.6 cm³/mol. The summed E-state index contributed by atoms with van der Waals surface area (Å²) in [5.74, 6) is -0.135. The molecule has 2 atom stereocenters. The van der Waals surface area contributed by atoms with Gasteiger partial charge in [0.05, 0.1) is 17.6 Å². The van der Waals surface area contributed by atoms with E-state index in [1.54, 1.807) is 11.4 Å². The van der Waals surface area contributed by atoms with Crippen molar-refractivity contribution in [2.24, 2.45) is 0 Å². The molecule has 3 rings (SSSR count). The summed E-state index contributed by atoms with van der Waals surface area (Å²) in [4.78, 5) is 26.5. The minimum absolute atomic E-state index is 0.0120. The molecule has 2 saturated heterocycles. The lowest BCUT2D eigenvalue weighted by Gasteiger charge is -2.42. The van der Waals surface area contributed by atoms with E-state index in [0.717, 1.165) is 19.7 Å². The number of ketones is 1. The number of carbonyl (C=O) groups excluding carboxylic acids is 2. The van der Waals surface area contributed by atoms with Gasteiger partial charge in [0.2, 0.25) is 0 Å². The maximum Gasteiger partial charge on any atom is 0.261 e. The molecular formula is C16H22N2O3S. The maximum absolute atomic E-state index is 12.1. The molecule has 1 aromatic heterocycles. The Labute approximate surface area is 134 Å². The third-order valence-electron chi connectivity index (χ3n) is 4.43. The molecule has 2 aliphatic heterocycles. The maximum atomic E-state index is 12.1. The highest BCUT2D eigenvalue weighted by molar-refractivity contribution is 7.12. The van der Waals surface area contributed by atoms with Crippen molar-refractivity contribution in [3.8, 4) is 0 Å². The number of carbonyl (C=O) groups is 2. The molecule has 6 heteroatoms. The van der Waals surface area contributed by atoms with Crippen LogP contribution in [0, 0.1) is 0 Å². The van der Waals surface area contributed by atoms with Crippen molar-refractivity contribution >= 4 is 23.0 Å². The fourth-order valence-electron chi connectivity index (χ4n) is 3.11. The number of Topliss-reactive ketones (excluding diaryl/α,β-unsaturated/α-hetero) is 1. The summed E-state index contributed by atoms with van der Waals surface area (Å²) in [6.45, 7) is 4.84. The van der Waals surface area contributed by atoms with Crippen LogP contribution in [0.5, 0.6) is 0 Å². The van der Waals surface area contributed by atoms with Gasteiger partial charge in [0, 0.05) is 30.1 Å². The average Bonchev–Trinajstić information content (AvgIpc) is 3.03. The second kappa shape index (κ2) is 6.89. The smallest absolute Gasteiger partial charge is 0.261 e. The van der Waals surface area contributed by atoms with E-state index in [1.165, 1.54) is 37.5 Å². The van der Waals surface area contributed by atoms with Crippen molar-refractivity contribution < 1.29 is 14.3 Å². The second-order valence-corrected chi connectivity index (χ2v) is 6.98. The molecule has 0 bridgehead atoms. The summed E-state index contributed by atoms with van der Waals surface area (Å²) in [5, 5.41) is 4.65. The molecule has 1 amide bonds. The van der Waals surface area contributed by atoms with E-state index < -0.39 is 0 Å². The second-order valence-electron chi connectivity index (χ2n) is 6.07. The van der Waals surface area contributed by atoms with Gasteiger partial charge in [0.25, 0.3) is 5.91 Å². The number of amides is 1. The summed E-state index contributed by atoms with van der Waals surface area (Å²) in [7, 11) is 0. The van der Waals surface area contributed by atoms with Crippen molar-refractivity contribution in [1.29, 1.82) is 0 Å². The van der Waals surface area contributed by atoms with E-state index in [1.807, 2.05) is 0 Å². The van der Waals surface area contributed by atoms with Gasteiger partial charge in [-0.3, -0.25) is 14.5 Å². The first-order valence-electron chi connectivity index (χ1n) is 7.87. The van der Waals surface area contributed by atoms with Crippen molar-refractivity contribution in [3.05, 3.63) is 21.9 Å². The third kappa shape index (κ3) is 3.56. The van der Waals surface area contributed by atoms with Crippen molar-refractivity contribution in [2.75, 3.05) is 26.2 Å². The lowest BCUT2D eigenvalue weighted by molar-refractivity contribution is -0.0725. The Bertz CT molecular complexity index is 557. The quantitative estimate of drug-likeness (QED) is 0.861. The monoisotopic (exact) mass is 322 g/mol. The summed E-state index contributed by atoms with van der Waals surface area (Å²) >= 11 is 1.31. The molecule has 3 heterocycles. The number of fused-ring (bicyclic) bond motifs is 1. The summed E-state index contributed by atoms with van der Waals surface area (Å²) in [5.41, 5.74) is 0.597. The van der Waals surface area contributed by atoms with Gasteiger partial charge in [-0.25, -0.2) is 0 Å². The molecule has 22 heavy (non-hydrogen) atoms. The number of thiophene rings is 1. The number of morpholine rings is 1. The van der Waals surface area contributed by atoms with Crippen LogP contribution in [0.15, 0.2) is 11.4 Å². The molecular weight excluding hydrogens is 300 g/mol. The molecule has 2 aliphatic rings. The number of ether oxygens (including phenoxy) is 1. The lowest BCUT2D eigenvalue weighted by atomic mass is 10.0. The molecule has 0 aromatic carbocycles. The molecule has 0 radical (unpaired) electrons. The molecule has 2 fully saturated rings. The first kappa shape index (κ1) is 15.6. The van der Waals surface area contributed by atoms with Gasteiger partial charge in [0.1, 0.15) is 0 Å². The van der Waals surface area contributed by atoms with Crippen LogP contribution in [0.4, 0.5) is 0 Å². The molecule has 0 aliphatic carbocycles. The van der Waals surface area contributed by atoms with Crippen molar-refractivity contribution in [1.82, 2.24) is 10.2 Å². The number of hydrogen-bond donors (Lipinski definition) is 1. The molecule has 0 unspecified atom stereocenters. The highest BCUT2D eigenvalue weighted by Gasteiger charge is 2.30. The molecule has 0 spiro atoms. The number of nitrogens with zero attached hydrogens (tertiary/aromatic N) is 1. The van der Waals surface area contributed by atoms with E-state index in [0.29, 0.717) is 23.0 Å². The van der Waals surface area contributed by atoms with Crippen LogP contribution in [0.2, 0.25) is 0 Å². The average molecular weight is 322 g/mol. The van der Waals surface area contributed by atoms with E-state index in [-0.39, 0.29) is 17.8 Å². The van der Waals surface area contributed by atoms with Crippen LogP contribution in [0.25, 0.3) is 0 Å². The summed E-state index contributed by atoms with van der Waals surface area (Å²) in [6, 6.07) is 2.22. The number of piperidine rings is 1. The van der Waals surface area contributed by atoms with Gasteiger partial charge in [-0.1, -0.05) is 6.42 Å². The van der Waals surface area contributed by atoms with Gasteiger partial charge in [-0.2, -0.15) is 0 Å². The van der Waals surface area contributed by atoms with Gasteiger partial charge < -0.3 is 10.1 Å². The van der Waals surface area contributed by atoms with Gasteiger partial charge >= 0.3 is 0 Å². The van der Waals surface area contributed by atoms with Crippen LogP contribution >= 0.6 is 11.3 Å². The third-order valence-corrected chi connectivity index (χ3v) is 5.36. The Morgan fingerprint density at radius 2 is 2.32 bits per heavy atom. The minimum atomic E-state index is -0.123. The van der Waals surface area contributed by atoms with E-state index >= 15 is 0 Å². The Kier molecular flexibility index (Phi) is 4.90. The molecule has 1 N–H and O–H groups in total. The minimum Gasteiger partial charge on any atom is -0.373 e. The Hall–Kier alpha value is -1.24. The van der Waals surface area contributed by atoms with Crippen LogP contribution in [0.1, 0.15) is 46.2 Å². The fourth-order valence-corrected chi connectivity index (χ4v) is 3.97. The Morgan fingerprint density at radius 1 is 1.45 bits per heavy atom. The van der Waals surface area contributed by atoms with Crippen LogP contribution < -0.4 is 5.32 Å². The van der Waals surface area contributed by atoms with Crippen LogP contribution in [-0.2, 0) is 4.74 Å². The number of rotatable bonds is 4. The fraction of sp³-hybridized carbons (Fsp3) is 0.625. The van der Waals surface area contributed by atoms with Gasteiger partial charge in [-0.15, -0.1) is 11.3 Å². The lowest BCUT2D eigenvalue weighted by Crippen LogP contribution is -2.54. The summed E-state index contributed by atoms with van der Waals surface area (Å²) in [6.07, 6.45) is 3.84.